The van der Waals surface area contributed by atoms with Crippen LogP contribution in [0.15, 0.2) is 29.2 Å². The van der Waals surface area contributed by atoms with Gasteiger partial charge in [-0.3, -0.25) is 4.79 Å². The zero-order valence-electron chi connectivity index (χ0n) is 12.1. The maximum Gasteiger partial charge on any atom is 0.287 e. The minimum atomic E-state index is -1.14. The van der Waals surface area contributed by atoms with Gasteiger partial charge in [-0.15, -0.1) is 0 Å². The van der Waals surface area contributed by atoms with Gasteiger partial charge < -0.3 is 15.1 Å². The third-order valence-electron chi connectivity index (χ3n) is 3.16. The van der Waals surface area contributed by atoms with E-state index in [1.54, 1.807) is 6.07 Å². The van der Waals surface area contributed by atoms with Crippen LogP contribution in [0.25, 0.3) is 0 Å². The monoisotopic (exact) mass is 453 g/mol. The van der Waals surface area contributed by atoms with Crippen molar-refractivity contribution in [3.63, 3.8) is 0 Å². The molecule has 0 saturated carbocycles. The fourth-order valence-corrected chi connectivity index (χ4v) is 2.71. The molecule has 23 heavy (non-hydrogen) atoms. The molecule has 0 amide bonds. The van der Waals surface area contributed by atoms with Crippen LogP contribution in [0.1, 0.15) is 0 Å². The van der Waals surface area contributed by atoms with E-state index in [1.807, 2.05) is 22.6 Å². The van der Waals surface area contributed by atoms with Crippen LogP contribution >= 0.6 is 34.2 Å². The number of benzene rings is 1. The van der Waals surface area contributed by atoms with Crippen molar-refractivity contribution in [1.82, 2.24) is 9.78 Å². The van der Waals surface area contributed by atoms with Crippen LogP contribution in [0.2, 0.25) is 5.02 Å². The van der Waals surface area contributed by atoms with E-state index in [-0.39, 0.29) is 22.9 Å². The second-order valence-corrected chi connectivity index (χ2v) is 6.44. The summed E-state index contributed by atoms with van der Waals surface area (Å²) in [6.45, 7) is -0.666. The molecule has 2 N–H and O–H groups in total. The van der Waals surface area contributed by atoms with Gasteiger partial charge in [0.15, 0.2) is 0 Å². The quantitative estimate of drug-likeness (QED) is 0.674. The molecule has 0 aliphatic heterocycles. The van der Waals surface area contributed by atoms with Crippen molar-refractivity contribution < 1.29 is 14.6 Å². The molecule has 0 aliphatic carbocycles. The number of aliphatic hydroxyl groups excluding tert-OH is 2. The van der Waals surface area contributed by atoms with Crippen LogP contribution in [0.5, 0.6) is 0 Å². The summed E-state index contributed by atoms with van der Waals surface area (Å²) >= 11 is 8.04. The third-order valence-corrected chi connectivity index (χ3v) is 4.18. The number of anilines is 2. The summed E-state index contributed by atoms with van der Waals surface area (Å²) in [7, 11) is 1.44. The molecular formula is C14H14ClFIN3O3. The maximum atomic E-state index is 14.3. The molecule has 2 aromatic rings. The predicted octanol–water partition coefficient (Wildman–Crippen LogP) is 1.67. The Hall–Kier alpha value is -1.23. The zero-order valence-corrected chi connectivity index (χ0v) is 15.0. The van der Waals surface area contributed by atoms with Crippen LogP contribution in [-0.2, 0) is 7.05 Å². The van der Waals surface area contributed by atoms with Gasteiger partial charge in [0.25, 0.3) is 5.56 Å². The largest absolute Gasteiger partial charge is 0.394 e. The summed E-state index contributed by atoms with van der Waals surface area (Å²) < 4.78 is 16.1. The van der Waals surface area contributed by atoms with E-state index in [1.165, 1.54) is 30.3 Å². The molecule has 0 aliphatic rings. The summed E-state index contributed by atoms with van der Waals surface area (Å²) in [5, 5.41) is 22.6. The number of halogens is 3. The highest BCUT2D eigenvalue weighted by atomic mass is 127. The zero-order chi connectivity index (χ0) is 17.1. The molecule has 0 radical (unpaired) electrons. The second kappa shape index (κ2) is 7.56. The number of aryl methyl sites for hydroxylation is 1. The van der Waals surface area contributed by atoms with Gasteiger partial charge in [-0.05, 0) is 40.8 Å². The van der Waals surface area contributed by atoms with Crippen molar-refractivity contribution in [3.05, 3.63) is 49.2 Å². The van der Waals surface area contributed by atoms with Crippen molar-refractivity contribution in [2.75, 3.05) is 18.1 Å². The molecule has 0 unspecified atom stereocenters. The number of hydrogen-bond donors (Lipinski definition) is 2. The number of aliphatic hydroxyl groups is 2. The van der Waals surface area contributed by atoms with Gasteiger partial charge in [-0.25, -0.2) is 9.07 Å². The van der Waals surface area contributed by atoms with Gasteiger partial charge in [0.1, 0.15) is 10.8 Å². The molecule has 6 nitrogen and oxygen atoms in total. The van der Waals surface area contributed by atoms with Crippen LogP contribution in [0.4, 0.5) is 15.8 Å². The average molecular weight is 454 g/mol. The fraction of sp³-hybridized carbons (Fsp3) is 0.286. The third kappa shape index (κ3) is 4.00. The average Bonchev–Trinajstić information content (AvgIpc) is 2.51. The Kier molecular flexibility index (Phi) is 5.95. The van der Waals surface area contributed by atoms with Gasteiger partial charge >= 0.3 is 0 Å². The highest BCUT2D eigenvalue weighted by Gasteiger charge is 2.22. The van der Waals surface area contributed by atoms with Crippen molar-refractivity contribution in [3.8, 4) is 0 Å². The smallest absolute Gasteiger partial charge is 0.287 e. The van der Waals surface area contributed by atoms with Crippen LogP contribution < -0.4 is 10.5 Å². The molecule has 1 heterocycles. The molecule has 0 spiro atoms. The molecule has 0 saturated heterocycles. The number of hydrogen-bond acceptors (Lipinski definition) is 5. The molecule has 1 aromatic carbocycles. The van der Waals surface area contributed by atoms with E-state index >= 15 is 0 Å². The second-order valence-electron chi connectivity index (χ2n) is 4.82. The van der Waals surface area contributed by atoms with E-state index in [0.29, 0.717) is 3.57 Å². The Morgan fingerprint density at radius 2 is 2.17 bits per heavy atom. The molecule has 0 fully saturated rings. The topological polar surface area (TPSA) is 78.6 Å². The van der Waals surface area contributed by atoms with Gasteiger partial charge in [0.2, 0.25) is 0 Å². The molecule has 2 rings (SSSR count). The minimum Gasteiger partial charge on any atom is -0.394 e. The van der Waals surface area contributed by atoms with Gasteiger partial charge in [0, 0.05) is 10.6 Å². The lowest BCUT2D eigenvalue weighted by Gasteiger charge is -2.27. The van der Waals surface area contributed by atoms with E-state index in [9.17, 15) is 14.3 Å². The first-order valence-corrected chi connectivity index (χ1v) is 8.04. The highest BCUT2D eigenvalue weighted by Crippen LogP contribution is 2.31. The SMILES string of the molecule is Cn1ncc(N(C[C@H](O)CO)c2ccc(I)cc2F)c(Cl)c1=O. The summed E-state index contributed by atoms with van der Waals surface area (Å²) in [6.07, 6.45) is 0.166. The molecule has 0 bridgehead atoms. The first-order chi connectivity index (χ1) is 10.8. The van der Waals surface area contributed by atoms with E-state index < -0.39 is 24.1 Å². The Morgan fingerprint density at radius 3 is 2.78 bits per heavy atom. The molecule has 124 valence electrons. The van der Waals surface area contributed by atoms with Gasteiger partial charge in [0.05, 0.1) is 36.8 Å². The Bertz CT molecular complexity index is 771. The maximum absolute atomic E-state index is 14.3. The van der Waals surface area contributed by atoms with E-state index in [4.69, 9.17) is 16.7 Å². The fourth-order valence-electron chi connectivity index (χ4n) is 1.99. The summed E-state index contributed by atoms with van der Waals surface area (Å²) in [5.41, 5.74) is -0.268. The Balaban J connectivity index is 2.59. The Morgan fingerprint density at radius 1 is 1.48 bits per heavy atom. The number of aromatic nitrogens is 2. The summed E-state index contributed by atoms with van der Waals surface area (Å²) in [5.74, 6) is -0.543. The number of rotatable bonds is 5. The normalized spacial score (nSPS) is 12.3. The standard InChI is InChI=1S/C14H14ClFIN3O3/c1-19-14(23)13(15)12(5-18-19)20(6-9(22)7-21)11-3-2-8(17)4-10(11)16/h2-5,9,21-22H,6-7H2,1H3/t9-/m0/s1. The lowest BCUT2D eigenvalue weighted by Crippen LogP contribution is -2.33. The first kappa shape index (κ1) is 18.1. The molecular weight excluding hydrogens is 440 g/mol. The molecule has 1 atom stereocenters. The minimum absolute atomic E-state index is 0.120. The van der Waals surface area contributed by atoms with E-state index in [2.05, 4.69) is 5.10 Å². The first-order valence-electron chi connectivity index (χ1n) is 6.58. The van der Waals surface area contributed by atoms with Gasteiger partial charge in [-0.2, -0.15) is 5.10 Å². The van der Waals surface area contributed by atoms with Crippen molar-refractivity contribution in [2.45, 2.75) is 6.10 Å². The van der Waals surface area contributed by atoms with Crippen LogP contribution in [-0.4, -0.2) is 39.2 Å². The Labute approximate surface area is 150 Å². The number of nitrogens with zero attached hydrogens (tertiary/aromatic N) is 3. The van der Waals surface area contributed by atoms with Crippen LogP contribution in [0.3, 0.4) is 0 Å². The van der Waals surface area contributed by atoms with Gasteiger partial charge in [-0.1, -0.05) is 11.6 Å². The lowest BCUT2D eigenvalue weighted by atomic mass is 10.2. The van der Waals surface area contributed by atoms with E-state index in [0.717, 1.165) is 4.68 Å². The molecule has 1 aromatic heterocycles. The molecule has 9 heteroatoms. The summed E-state index contributed by atoms with van der Waals surface area (Å²) in [6, 6.07) is 4.51. The van der Waals surface area contributed by atoms with Crippen molar-refractivity contribution in [2.24, 2.45) is 7.05 Å². The summed E-state index contributed by atoms with van der Waals surface area (Å²) in [4.78, 5) is 13.3. The predicted molar refractivity (Wildman–Crippen MR) is 93.7 cm³/mol. The van der Waals surface area contributed by atoms with Crippen molar-refractivity contribution in [1.29, 1.82) is 0 Å². The lowest BCUT2D eigenvalue weighted by molar-refractivity contribution is 0.102. The highest BCUT2D eigenvalue weighted by molar-refractivity contribution is 14.1. The van der Waals surface area contributed by atoms with Crippen molar-refractivity contribution >= 4 is 45.6 Å². The van der Waals surface area contributed by atoms with Crippen LogP contribution in [0, 0.1) is 9.39 Å².